The predicted octanol–water partition coefficient (Wildman–Crippen LogP) is -1.32. The maximum absolute atomic E-state index is 5.03. The normalized spacial score (nSPS) is 7.33. The summed E-state index contributed by atoms with van der Waals surface area (Å²) in [6.45, 7) is 3.42. The highest BCUT2D eigenvalue weighted by Gasteiger charge is 1.82. The molecule has 6 heavy (non-hydrogen) atoms. The lowest BCUT2D eigenvalue weighted by molar-refractivity contribution is -0.117. The van der Waals surface area contributed by atoms with Crippen LogP contribution < -0.4 is 11.1 Å². The minimum atomic E-state index is 0.421. The Morgan fingerprint density at radius 2 is 2.50 bits per heavy atom. The van der Waals surface area contributed by atoms with Crippen molar-refractivity contribution in [3.05, 3.63) is 12.7 Å². The van der Waals surface area contributed by atoms with Gasteiger partial charge in [0.05, 0.1) is 6.42 Å². The van der Waals surface area contributed by atoms with Crippen LogP contribution >= 0.6 is 0 Å². The molecule has 0 radical (unpaired) electrons. The lowest BCUT2D eigenvalue weighted by Gasteiger charge is -1.74. The molecular formula is C4H9N2+. The van der Waals surface area contributed by atoms with Crippen molar-refractivity contribution in [3.8, 4) is 0 Å². The molecule has 0 aromatic carbocycles. The molecule has 2 heteroatoms. The highest BCUT2D eigenvalue weighted by molar-refractivity contribution is 5.75. The van der Waals surface area contributed by atoms with Gasteiger partial charge in [0.25, 0.3) is 0 Å². The highest BCUT2D eigenvalue weighted by Crippen LogP contribution is 1.68. The fourth-order valence-corrected chi connectivity index (χ4v) is 0.167. The molecule has 0 aliphatic heterocycles. The molecule has 0 atom stereocenters. The quantitative estimate of drug-likeness (QED) is 0.244. The summed E-state index contributed by atoms with van der Waals surface area (Å²) in [4.78, 5) is 0. The summed E-state index contributed by atoms with van der Waals surface area (Å²) < 4.78 is 0. The van der Waals surface area contributed by atoms with Crippen molar-refractivity contribution >= 4 is 5.84 Å². The first-order chi connectivity index (χ1) is 2.77. The zero-order chi connectivity index (χ0) is 4.99. The Bertz CT molecular complexity index is 65.9. The number of amidine groups is 1. The average molecular weight is 85.1 g/mol. The van der Waals surface area contributed by atoms with E-state index in [1.54, 1.807) is 6.08 Å². The Kier molecular flexibility index (Phi) is 2.13. The van der Waals surface area contributed by atoms with Crippen LogP contribution in [-0.2, 0) is 0 Å². The van der Waals surface area contributed by atoms with E-state index in [4.69, 9.17) is 11.1 Å². The second-order valence-electron chi connectivity index (χ2n) is 1.07. The van der Waals surface area contributed by atoms with Crippen molar-refractivity contribution in [2.75, 3.05) is 0 Å². The Morgan fingerprint density at radius 3 is 2.50 bits per heavy atom. The zero-order valence-corrected chi connectivity index (χ0v) is 3.65. The van der Waals surface area contributed by atoms with Crippen molar-refractivity contribution in [2.45, 2.75) is 6.42 Å². The summed E-state index contributed by atoms with van der Waals surface area (Å²) in [5.41, 5.74) is 5.03. The van der Waals surface area contributed by atoms with Crippen molar-refractivity contribution in [1.29, 1.82) is 0 Å². The van der Waals surface area contributed by atoms with Gasteiger partial charge in [0, 0.05) is 0 Å². The summed E-state index contributed by atoms with van der Waals surface area (Å²) in [7, 11) is 0. The molecule has 0 amide bonds. The van der Waals surface area contributed by atoms with Gasteiger partial charge in [0.1, 0.15) is 0 Å². The van der Waals surface area contributed by atoms with Gasteiger partial charge < -0.3 is 0 Å². The second kappa shape index (κ2) is 2.45. The second-order valence-corrected chi connectivity index (χ2v) is 1.07. The zero-order valence-electron chi connectivity index (χ0n) is 3.65. The van der Waals surface area contributed by atoms with Crippen LogP contribution in [0.1, 0.15) is 6.42 Å². The molecule has 0 unspecified atom stereocenters. The molecular weight excluding hydrogens is 76.1 g/mol. The smallest absolute Gasteiger partial charge is 0.242 e. The van der Waals surface area contributed by atoms with E-state index in [0.29, 0.717) is 12.3 Å². The lowest BCUT2D eigenvalue weighted by Crippen LogP contribution is -2.45. The monoisotopic (exact) mass is 85.1 g/mol. The number of hydrogen-bond donors (Lipinski definition) is 2. The van der Waals surface area contributed by atoms with E-state index >= 15 is 0 Å². The van der Waals surface area contributed by atoms with Gasteiger partial charge >= 0.3 is 0 Å². The van der Waals surface area contributed by atoms with Crippen LogP contribution in [0.15, 0.2) is 12.7 Å². The van der Waals surface area contributed by atoms with Crippen molar-refractivity contribution in [1.82, 2.24) is 0 Å². The SMILES string of the molecule is C=CCC(N)=[NH2+]. The molecule has 0 spiro atoms. The van der Waals surface area contributed by atoms with E-state index in [1.807, 2.05) is 0 Å². The van der Waals surface area contributed by atoms with Crippen LogP contribution in [0.25, 0.3) is 0 Å². The number of rotatable bonds is 2. The van der Waals surface area contributed by atoms with Crippen molar-refractivity contribution < 1.29 is 5.41 Å². The maximum Gasteiger partial charge on any atom is 0.242 e. The molecule has 4 N–H and O–H groups in total. The maximum atomic E-state index is 5.03. The molecule has 0 saturated heterocycles. The molecule has 0 rings (SSSR count). The minimum Gasteiger partial charge on any atom is -0.291 e. The third kappa shape index (κ3) is 3.21. The first kappa shape index (κ1) is 5.21. The van der Waals surface area contributed by atoms with Gasteiger partial charge in [-0.15, -0.1) is 6.58 Å². The van der Waals surface area contributed by atoms with Gasteiger partial charge in [-0.3, -0.25) is 11.1 Å². The first-order valence-electron chi connectivity index (χ1n) is 1.75. The van der Waals surface area contributed by atoms with Crippen LogP contribution in [0.4, 0.5) is 0 Å². The van der Waals surface area contributed by atoms with Gasteiger partial charge in [0.15, 0.2) is 0 Å². The van der Waals surface area contributed by atoms with Crippen LogP contribution in [0.3, 0.4) is 0 Å². The van der Waals surface area contributed by atoms with Crippen LogP contribution in [0.5, 0.6) is 0 Å². The summed E-state index contributed by atoms with van der Waals surface area (Å²) in [5, 5.41) is 5.03. The van der Waals surface area contributed by atoms with E-state index in [0.717, 1.165) is 0 Å². The largest absolute Gasteiger partial charge is 0.291 e. The summed E-state index contributed by atoms with van der Waals surface area (Å²) in [6.07, 6.45) is 2.27. The van der Waals surface area contributed by atoms with Gasteiger partial charge in [-0.1, -0.05) is 6.08 Å². The molecule has 2 nitrogen and oxygen atoms in total. The number of nitrogens with two attached hydrogens (primary N) is 2. The van der Waals surface area contributed by atoms with Gasteiger partial charge in [-0.25, -0.2) is 0 Å². The van der Waals surface area contributed by atoms with Gasteiger partial charge in [-0.2, -0.15) is 0 Å². The van der Waals surface area contributed by atoms with E-state index in [-0.39, 0.29) is 0 Å². The van der Waals surface area contributed by atoms with Crippen LogP contribution in [-0.4, -0.2) is 5.84 Å². The Morgan fingerprint density at radius 1 is 2.00 bits per heavy atom. The van der Waals surface area contributed by atoms with E-state index < -0.39 is 0 Å². The van der Waals surface area contributed by atoms with Crippen LogP contribution in [0, 0.1) is 0 Å². The molecule has 0 aliphatic rings. The van der Waals surface area contributed by atoms with E-state index in [2.05, 4.69) is 6.58 Å². The van der Waals surface area contributed by atoms with Crippen molar-refractivity contribution in [3.63, 3.8) is 0 Å². The lowest BCUT2D eigenvalue weighted by atomic mass is 10.4. The fraction of sp³-hybridized carbons (Fsp3) is 0.250. The van der Waals surface area contributed by atoms with Gasteiger partial charge in [0.2, 0.25) is 5.84 Å². The molecule has 0 fully saturated rings. The molecule has 0 saturated carbocycles. The minimum absolute atomic E-state index is 0.421. The third-order valence-corrected chi connectivity index (χ3v) is 0.380. The average Bonchev–Trinajstić information content (AvgIpc) is 1.35. The van der Waals surface area contributed by atoms with E-state index in [1.165, 1.54) is 0 Å². The van der Waals surface area contributed by atoms with E-state index in [9.17, 15) is 0 Å². The summed E-state index contributed by atoms with van der Waals surface area (Å²) in [5.74, 6) is 0.421. The summed E-state index contributed by atoms with van der Waals surface area (Å²) in [6, 6.07) is 0. The molecule has 34 valence electrons. The molecule has 0 aromatic heterocycles. The Balaban J connectivity index is 3.05. The highest BCUT2D eigenvalue weighted by atomic mass is 14.7. The van der Waals surface area contributed by atoms with Crippen LogP contribution in [0.2, 0.25) is 0 Å². The summed E-state index contributed by atoms with van der Waals surface area (Å²) >= 11 is 0. The fourth-order valence-electron chi connectivity index (χ4n) is 0.167. The first-order valence-corrected chi connectivity index (χ1v) is 1.75. The standard InChI is InChI=1S/C4H8N2/c1-2-3-4(5)6/h2H,1,3H2,(H3,5,6)/p+1. The van der Waals surface area contributed by atoms with Crippen molar-refractivity contribution in [2.24, 2.45) is 5.73 Å². The molecule has 0 aliphatic carbocycles. The molecule has 0 heterocycles. The van der Waals surface area contributed by atoms with Gasteiger partial charge in [-0.05, 0) is 0 Å². The topological polar surface area (TPSA) is 51.6 Å². The Labute approximate surface area is 37.2 Å². The predicted molar refractivity (Wildman–Crippen MR) is 25.9 cm³/mol. The molecule has 0 aromatic rings. The number of hydrogen-bond acceptors (Lipinski definition) is 0. The molecule has 0 bridgehead atoms. The Hall–Kier alpha value is -0.790. The third-order valence-electron chi connectivity index (χ3n) is 0.380.